The molecule has 0 saturated carbocycles. The Kier molecular flexibility index (Phi) is 699. The highest BCUT2D eigenvalue weighted by Crippen LogP contribution is 2.59. The summed E-state index contributed by atoms with van der Waals surface area (Å²) in [6.45, 7) is 0.130. The first-order valence-corrected chi connectivity index (χ1v) is 18.8. The molecule has 0 aromatic carbocycles. The van der Waals surface area contributed by atoms with Gasteiger partial charge in [0, 0.05) is 8.95 Å². The van der Waals surface area contributed by atoms with Gasteiger partial charge < -0.3 is 74.3 Å². The van der Waals surface area contributed by atoms with Gasteiger partial charge in [0.25, 0.3) is 0 Å². The maximum atomic E-state index is 8.93. The van der Waals surface area contributed by atoms with E-state index in [0.717, 1.165) is 0 Å². The second kappa shape index (κ2) is 197. The zero-order valence-electron chi connectivity index (χ0n) is 19.4. The molecule has 42 heteroatoms. The van der Waals surface area contributed by atoms with Gasteiger partial charge in [-0.1, -0.05) is 66.8 Å². The molecule has 0 fully saturated rings. The molecule has 10 unspecified atom stereocenters. The van der Waals surface area contributed by atoms with Crippen LogP contribution in [-0.4, -0.2) is 85.2 Å². The Labute approximate surface area is 324 Å². The molecule has 0 bridgehead atoms. The summed E-state index contributed by atoms with van der Waals surface area (Å²) in [7, 11) is -3.98. The minimum absolute atomic E-state index is 0. The zero-order valence-corrected chi connectivity index (χ0v) is 31.3. The van der Waals surface area contributed by atoms with Crippen molar-refractivity contribution < 1.29 is 154 Å². The van der Waals surface area contributed by atoms with E-state index in [4.69, 9.17) is 63.4 Å². The molecule has 0 rings (SSSR count). The molecule has 51 heavy (non-hydrogen) atoms. The van der Waals surface area contributed by atoms with Gasteiger partial charge in [0.2, 0.25) is 9.03 Å². The molecule has 26 N–H and O–H groups in total. The summed E-state index contributed by atoms with van der Waals surface area (Å²) >= 11 is 0. The minimum Gasteiger partial charge on any atom is -0.567 e. The molecule has 354 valence electrons. The van der Waals surface area contributed by atoms with Crippen LogP contribution in [0, 0.1) is 0 Å². The Morgan fingerprint density at radius 3 is 0.863 bits per heavy atom. The van der Waals surface area contributed by atoms with Crippen molar-refractivity contribution in [3.63, 3.8) is 0 Å². The Balaban J connectivity index is -0.00000000563. The van der Waals surface area contributed by atoms with Crippen molar-refractivity contribution in [2.24, 2.45) is 0 Å². The highest BCUT2D eigenvalue weighted by molar-refractivity contribution is 8.65. The maximum absolute atomic E-state index is 8.93. The highest BCUT2D eigenvalue weighted by Gasteiger charge is 1.92. The lowest BCUT2D eigenvalue weighted by molar-refractivity contribution is -0.244. The van der Waals surface area contributed by atoms with E-state index >= 15 is 0 Å². The first-order chi connectivity index (χ1) is 14.8. The average Bonchev–Trinajstić information content (AvgIpc) is 2.64. The third kappa shape index (κ3) is 715. The Hall–Kier alpha value is 2.80. The number of rotatable bonds is 10. The zero-order chi connectivity index (χ0) is 26.8. The quantitative estimate of drug-likeness (QED) is 0.0708. The third-order valence-corrected chi connectivity index (χ3v) is 2.50. The predicted octanol–water partition coefficient (Wildman–Crippen LogP) is -0.293. The van der Waals surface area contributed by atoms with Gasteiger partial charge in [-0.05, 0) is 20.7 Å². The van der Waals surface area contributed by atoms with Gasteiger partial charge in [-0.25, -0.2) is 20.3 Å². The lowest BCUT2D eigenvalue weighted by atomic mass is 12.0. The van der Waals surface area contributed by atoms with Crippen LogP contribution in [0.4, 0.5) is 0 Å². The minimum atomic E-state index is -3.12. The van der Waals surface area contributed by atoms with Crippen LogP contribution in [0.1, 0.15) is 71.1 Å². The van der Waals surface area contributed by atoms with Crippen molar-refractivity contribution in [1.29, 1.82) is 0 Å². The summed E-state index contributed by atoms with van der Waals surface area (Å²) in [5, 5.41) is 22.6. The van der Waals surface area contributed by atoms with Crippen molar-refractivity contribution in [3.05, 3.63) is 0 Å². The summed E-state index contributed by atoms with van der Waals surface area (Å²) in [6, 6.07) is 0. The molecule has 10 atom stereocenters. The first-order valence-electron chi connectivity index (χ1n) is 5.18. The van der Waals surface area contributed by atoms with E-state index in [9.17, 15) is 0 Å². The monoisotopic (exact) mass is 1040 g/mol. The average molecular weight is 1040 g/mol. The molecule has 0 aliphatic rings. The first kappa shape index (κ1) is 181. The van der Waals surface area contributed by atoms with Gasteiger partial charge in [-0.2, -0.15) is 28.5 Å². The van der Waals surface area contributed by atoms with Crippen LogP contribution < -0.4 is 14.7 Å². The Morgan fingerprint density at radius 1 is 0.549 bits per heavy atom. The van der Waals surface area contributed by atoms with Gasteiger partial charge in [0.1, 0.15) is 0 Å². The molecule has 0 aliphatic heterocycles. The van der Waals surface area contributed by atoms with Crippen LogP contribution in [0.5, 0.6) is 0 Å². The summed E-state index contributed by atoms with van der Waals surface area (Å²) in [5.41, 5.74) is 0. The predicted molar refractivity (Wildman–Crippen MR) is 225 cm³/mol. The van der Waals surface area contributed by atoms with Crippen molar-refractivity contribution in [2.75, 3.05) is 0 Å². The third-order valence-electron chi connectivity index (χ3n) is 0.418. The Morgan fingerprint density at radius 2 is 0.706 bits per heavy atom. The lowest BCUT2D eigenvalue weighted by Crippen LogP contribution is -1.84. The molecule has 0 amide bonds. The largest absolute Gasteiger partial charge is 0.567 e. The van der Waals surface area contributed by atoms with Gasteiger partial charge in [-0.3, -0.25) is 8.62 Å². The van der Waals surface area contributed by atoms with Crippen molar-refractivity contribution in [1.82, 2.24) is 0 Å². The van der Waals surface area contributed by atoms with E-state index in [-0.39, 0.29) is 142 Å². The fourth-order valence-electron chi connectivity index (χ4n) is 0.140. The summed E-state index contributed by atoms with van der Waals surface area (Å²) < 4.78 is 62.1. The second-order valence-corrected chi connectivity index (χ2v) is 18.5. The van der Waals surface area contributed by atoms with E-state index in [2.05, 4.69) is 58.8 Å². The Bertz CT molecular complexity index is 398. The van der Waals surface area contributed by atoms with E-state index in [0.29, 0.717) is 0 Å². The molecule has 0 radical (unpaired) electrons. The van der Waals surface area contributed by atoms with Gasteiger partial charge in [-0.15, -0.1) is 26.8 Å². The standard InChI is InChI=1S/9CH4.H6O8P4.HO4P.2HO3P.HO2P.10H2O.H6P4.3H2/c;;;;;;;;;1-3-9-5-6-11-8-12-7-10-4-2;1-4-5(2)3;2*1-4(2)3;1-3-2;;;;;;;;;;;1-4(2)3;;;/h9*1H4;1-2,9-12H;1H;2*(H,1,2,3);(H,1,2);10*1H2;1-3H2;3*1H. The molecule has 0 saturated heterocycles. The van der Waals surface area contributed by atoms with E-state index in [1.165, 1.54) is 0 Å². The fourth-order valence-corrected chi connectivity index (χ4v) is 1.54. The van der Waals surface area contributed by atoms with Gasteiger partial charge >= 0.3 is 33.5 Å². The van der Waals surface area contributed by atoms with Gasteiger partial charge in [0.05, 0.1) is 0 Å². The van der Waals surface area contributed by atoms with Crippen molar-refractivity contribution >= 4 is 103 Å². The maximum Gasteiger partial charge on any atom is 0.521 e. The highest BCUT2D eigenvalue weighted by atomic mass is 32.7. The molecule has 0 aromatic rings. The molecular formula is C9H78O30P12. The van der Waals surface area contributed by atoms with Crippen LogP contribution in [-0.2, 0) is 50.3 Å². The molecular weight excluding hydrogens is 960 g/mol. The number of hydrogen-bond donors (Lipinski definition) is 6. The number of hydrogen-bond acceptors (Lipinski definition) is 17. The van der Waals surface area contributed by atoms with Crippen molar-refractivity contribution in [2.45, 2.75) is 66.8 Å². The van der Waals surface area contributed by atoms with Crippen LogP contribution in [0.25, 0.3) is 0 Å². The van der Waals surface area contributed by atoms with E-state index in [1.807, 2.05) is 0 Å². The van der Waals surface area contributed by atoms with Crippen LogP contribution in [0.2, 0.25) is 0 Å². The lowest BCUT2D eigenvalue weighted by Gasteiger charge is -2.01. The smallest absolute Gasteiger partial charge is 0.521 e. The fraction of sp³-hybridized carbons (Fsp3) is 1.00. The van der Waals surface area contributed by atoms with E-state index < -0.39 is 60.6 Å². The van der Waals surface area contributed by atoms with Crippen LogP contribution in [0.3, 0.4) is 0 Å². The molecule has 0 aromatic heterocycles. The molecule has 0 heterocycles. The van der Waals surface area contributed by atoms with Crippen molar-refractivity contribution in [3.8, 4) is 0 Å². The molecule has 0 aliphatic carbocycles. The molecule has 0 spiro atoms. The summed E-state index contributed by atoms with van der Waals surface area (Å²) in [5.74, 6) is 0. The summed E-state index contributed by atoms with van der Waals surface area (Å²) in [4.78, 5) is 47.1. The van der Waals surface area contributed by atoms with Crippen LogP contribution in [0.15, 0.2) is 0 Å². The SMILES string of the molecule is C.C.C.C.C.C.C.C.C.O.O.O.O.O.O.O.O.O.O.O=PO.O=[P+]([O-])O.O=[P+]([O-])O.O=[P+]([O-])OO.OOPOOPOPOPOO.PP(P)P.[HH].[HH].[HH]. The summed E-state index contributed by atoms with van der Waals surface area (Å²) in [6.07, 6.45) is 0. The van der Waals surface area contributed by atoms with Gasteiger partial charge in [0.15, 0.2) is 27.1 Å². The second-order valence-electron chi connectivity index (χ2n) is 2.20. The molecule has 30 nitrogen and oxygen atoms in total. The normalized spacial score (nSPS) is 7.35. The van der Waals surface area contributed by atoms with Crippen LogP contribution >= 0.6 is 103 Å². The van der Waals surface area contributed by atoms with E-state index in [1.54, 1.807) is 0 Å². The topological polar surface area (TPSA) is 638 Å².